The van der Waals surface area contributed by atoms with E-state index in [9.17, 15) is 0 Å². The van der Waals surface area contributed by atoms with Crippen molar-refractivity contribution in [2.45, 2.75) is 13.3 Å². The first kappa shape index (κ1) is 6.23. The summed E-state index contributed by atoms with van der Waals surface area (Å²) in [6.07, 6.45) is 1.02. The summed E-state index contributed by atoms with van der Waals surface area (Å²) in [5.74, 6) is 0. The predicted octanol–water partition coefficient (Wildman–Crippen LogP) is 2.47. The maximum atomic E-state index is 4.13. The Kier molecular flexibility index (Phi) is 2.02. The van der Waals surface area contributed by atoms with E-state index in [1.807, 2.05) is 5.38 Å². The summed E-state index contributed by atoms with van der Waals surface area (Å²) < 4.78 is 5.27. The molecule has 0 radical (unpaired) electrons. The van der Waals surface area contributed by atoms with Crippen molar-refractivity contribution in [3.8, 4) is 0 Å². The normalized spacial score (nSPS) is 9.75. The van der Waals surface area contributed by atoms with Crippen LogP contribution in [0.25, 0.3) is 0 Å². The van der Waals surface area contributed by atoms with Crippen LogP contribution in [0.3, 0.4) is 0 Å². The third-order valence-corrected chi connectivity index (χ3v) is 2.59. The molecule has 8 heavy (non-hydrogen) atoms. The zero-order chi connectivity index (χ0) is 5.98. The fourth-order valence-electron chi connectivity index (χ4n) is 0.481. The van der Waals surface area contributed by atoms with Crippen LogP contribution < -0.4 is 0 Å². The molecule has 44 valence electrons. The Labute approximate surface area is 61.0 Å². The Balaban J connectivity index is 2.92. The van der Waals surface area contributed by atoms with Crippen molar-refractivity contribution in [2.75, 3.05) is 0 Å². The maximum Gasteiger partial charge on any atom is 0.0681 e. The molecule has 0 aliphatic rings. The van der Waals surface area contributed by atoms with Gasteiger partial charge in [-0.3, -0.25) is 0 Å². The largest absolute Gasteiger partial charge is 0.197 e. The van der Waals surface area contributed by atoms with Crippen molar-refractivity contribution < 1.29 is 0 Å². The monoisotopic (exact) mass is 191 g/mol. The quantitative estimate of drug-likeness (QED) is 0.665. The van der Waals surface area contributed by atoms with Gasteiger partial charge in [0.2, 0.25) is 0 Å². The van der Waals surface area contributed by atoms with Crippen molar-refractivity contribution in [3.63, 3.8) is 0 Å². The molecule has 0 saturated carbocycles. The highest BCUT2D eigenvalue weighted by Gasteiger charge is 1.96. The summed E-state index contributed by atoms with van der Waals surface area (Å²) in [7, 11) is 0. The van der Waals surface area contributed by atoms with Gasteiger partial charge in [-0.25, -0.2) is 0 Å². The van der Waals surface area contributed by atoms with E-state index in [-0.39, 0.29) is 0 Å². The van der Waals surface area contributed by atoms with Crippen LogP contribution in [0.15, 0.2) is 9.85 Å². The molecular weight excluding hydrogens is 186 g/mol. The number of aryl methyl sites for hydroxylation is 1. The lowest BCUT2D eigenvalue weighted by atomic mass is 10.4. The van der Waals surface area contributed by atoms with Crippen molar-refractivity contribution in [3.05, 3.63) is 15.5 Å². The van der Waals surface area contributed by atoms with Crippen molar-refractivity contribution in [1.82, 2.24) is 4.37 Å². The second-order valence-corrected chi connectivity index (χ2v) is 2.95. The average molecular weight is 192 g/mol. The van der Waals surface area contributed by atoms with Crippen LogP contribution >= 0.6 is 27.5 Å². The third kappa shape index (κ3) is 1.09. The van der Waals surface area contributed by atoms with Gasteiger partial charge in [0.15, 0.2) is 0 Å². The van der Waals surface area contributed by atoms with E-state index in [4.69, 9.17) is 0 Å². The molecular formula is C5H6BrNS. The molecule has 1 heterocycles. The Morgan fingerprint density at radius 1 is 1.88 bits per heavy atom. The second-order valence-electron chi connectivity index (χ2n) is 1.46. The minimum absolute atomic E-state index is 1.02. The molecule has 0 unspecified atom stereocenters. The Morgan fingerprint density at radius 3 is 2.88 bits per heavy atom. The number of halogens is 1. The van der Waals surface area contributed by atoms with Crippen molar-refractivity contribution >= 4 is 27.5 Å². The Bertz CT molecular complexity index is 173. The molecule has 0 bridgehead atoms. The topological polar surface area (TPSA) is 12.9 Å². The molecule has 0 fully saturated rings. The SMILES string of the molecule is CCc1nscc1Br. The van der Waals surface area contributed by atoms with E-state index in [0.29, 0.717) is 0 Å². The summed E-state index contributed by atoms with van der Waals surface area (Å²) in [6, 6.07) is 0. The molecule has 0 atom stereocenters. The molecule has 1 aromatic heterocycles. The highest BCUT2D eigenvalue weighted by molar-refractivity contribution is 9.10. The van der Waals surface area contributed by atoms with E-state index in [0.717, 1.165) is 16.6 Å². The molecule has 3 heteroatoms. The zero-order valence-electron chi connectivity index (χ0n) is 4.52. The van der Waals surface area contributed by atoms with Gasteiger partial charge in [0.05, 0.1) is 10.2 Å². The van der Waals surface area contributed by atoms with Crippen LogP contribution in [-0.4, -0.2) is 4.37 Å². The van der Waals surface area contributed by atoms with Crippen LogP contribution in [-0.2, 0) is 6.42 Å². The zero-order valence-corrected chi connectivity index (χ0v) is 6.92. The van der Waals surface area contributed by atoms with E-state index >= 15 is 0 Å². The summed E-state index contributed by atoms with van der Waals surface area (Å²) in [5, 5.41) is 2.00. The van der Waals surface area contributed by atoms with Crippen LogP contribution in [0, 0.1) is 0 Å². The maximum absolute atomic E-state index is 4.13. The lowest BCUT2D eigenvalue weighted by molar-refractivity contribution is 1.08. The fraction of sp³-hybridized carbons (Fsp3) is 0.400. The lowest BCUT2D eigenvalue weighted by Gasteiger charge is -1.83. The van der Waals surface area contributed by atoms with E-state index in [2.05, 4.69) is 27.2 Å². The van der Waals surface area contributed by atoms with Gasteiger partial charge in [-0.2, -0.15) is 4.37 Å². The second kappa shape index (κ2) is 2.60. The molecule has 1 rings (SSSR count). The molecule has 0 amide bonds. The molecule has 1 nitrogen and oxygen atoms in total. The van der Waals surface area contributed by atoms with Crippen molar-refractivity contribution in [1.29, 1.82) is 0 Å². The number of hydrogen-bond donors (Lipinski definition) is 0. The minimum atomic E-state index is 1.02. The summed E-state index contributed by atoms with van der Waals surface area (Å²) in [6.45, 7) is 2.10. The summed E-state index contributed by atoms with van der Waals surface area (Å²) in [5.41, 5.74) is 1.16. The average Bonchev–Trinajstić information content (AvgIpc) is 2.14. The molecule has 0 N–H and O–H groups in total. The fourth-order valence-corrected chi connectivity index (χ4v) is 1.85. The van der Waals surface area contributed by atoms with Gasteiger partial charge in [-0.1, -0.05) is 6.92 Å². The summed E-state index contributed by atoms with van der Waals surface area (Å²) >= 11 is 4.87. The van der Waals surface area contributed by atoms with Crippen LogP contribution in [0.4, 0.5) is 0 Å². The number of nitrogens with zero attached hydrogens (tertiary/aromatic N) is 1. The van der Waals surface area contributed by atoms with Gasteiger partial charge in [-0.05, 0) is 33.9 Å². The highest BCUT2D eigenvalue weighted by Crippen LogP contribution is 2.17. The van der Waals surface area contributed by atoms with Crippen LogP contribution in [0.1, 0.15) is 12.6 Å². The van der Waals surface area contributed by atoms with E-state index < -0.39 is 0 Å². The number of hydrogen-bond acceptors (Lipinski definition) is 2. The highest BCUT2D eigenvalue weighted by atomic mass is 79.9. The standard InChI is InChI=1S/C5H6BrNS/c1-2-5-4(6)3-8-7-5/h3H,2H2,1H3. The van der Waals surface area contributed by atoms with Crippen molar-refractivity contribution in [2.24, 2.45) is 0 Å². The Hall–Kier alpha value is 0.110. The third-order valence-electron chi connectivity index (χ3n) is 0.930. The summed E-state index contributed by atoms with van der Waals surface area (Å²) in [4.78, 5) is 0. The minimum Gasteiger partial charge on any atom is -0.197 e. The van der Waals surface area contributed by atoms with Gasteiger partial charge in [0.25, 0.3) is 0 Å². The van der Waals surface area contributed by atoms with E-state index in [1.54, 1.807) is 0 Å². The predicted molar refractivity (Wildman–Crippen MR) is 39.2 cm³/mol. The first-order valence-electron chi connectivity index (χ1n) is 2.43. The number of rotatable bonds is 1. The first-order chi connectivity index (χ1) is 3.84. The Morgan fingerprint density at radius 2 is 2.62 bits per heavy atom. The molecule has 0 aliphatic carbocycles. The number of aromatic nitrogens is 1. The molecule has 0 spiro atoms. The van der Waals surface area contributed by atoms with Crippen LogP contribution in [0.2, 0.25) is 0 Å². The van der Waals surface area contributed by atoms with Gasteiger partial charge in [0.1, 0.15) is 0 Å². The van der Waals surface area contributed by atoms with Crippen LogP contribution in [0.5, 0.6) is 0 Å². The molecule has 0 aromatic carbocycles. The van der Waals surface area contributed by atoms with E-state index in [1.165, 1.54) is 11.5 Å². The first-order valence-corrected chi connectivity index (χ1v) is 4.06. The van der Waals surface area contributed by atoms with Gasteiger partial charge in [-0.15, -0.1) is 0 Å². The van der Waals surface area contributed by atoms with Gasteiger partial charge >= 0.3 is 0 Å². The smallest absolute Gasteiger partial charge is 0.0681 e. The molecule has 0 saturated heterocycles. The van der Waals surface area contributed by atoms with Gasteiger partial charge in [0, 0.05) is 5.38 Å². The molecule has 1 aromatic rings. The lowest BCUT2D eigenvalue weighted by Crippen LogP contribution is -1.76. The van der Waals surface area contributed by atoms with Gasteiger partial charge < -0.3 is 0 Å². The molecule has 0 aliphatic heterocycles.